The topological polar surface area (TPSA) is 37.8 Å². The molecule has 1 aromatic carbocycles. The lowest BCUT2D eigenvalue weighted by molar-refractivity contribution is 0.629. The summed E-state index contributed by atoms with van der Waals surface area (Å²) in [6.07, 6.45) is 1.75. The van der Waals surface area contributed by atoms with Crippen LogP contribution in [0, 0.1) is 12.7 Å². The number of aromatic nitrogens is 2. The first kappa shape index (κ1) is 11.1. The molecule has 0 aliphatic carbocycles. The summed E-state index contributed by atoms with van der Waals surface area (Å²) in [4.78, 5) is 8.53. The summed E-state index contributed by atoms with van der Waals surface area (Å²) in [5.41, 5.74) is 2.51. The number of benzene rings is 1. The van der Waals surface area contributed by atoms with E-state index in [9.17, 15) is 4.39 Å². The summed E-state index contributed by atoms with van der Waals surface area (Å²) in [6.45, 7) is 1.93. The summed E-state index contributed by atoms with van der Waals surface area (Å²) >= 11 is 1.49. The number of halogens is 1. The monoisotopic (exact) mass is 259 g/mol. The van der Waals surface area contributed by atoms with E-state index in [4.69, 9.17) is 0 Å². The third kappa shape index (κ3) is 2.17. The van der Waals surface area contributed by atoms with Crippen LogP contribution in [0.2, 0.25) is 0 Å². The Balaban J connectivity index is 1.92. The molecule has 90 valence electrons. The van der Waals surface area contributed by atoms with Gasteiger partial charge < -0.3 is 5.32 Å². The average molecular weight is 259 g/mol. The number of thiazole rings is 1. The van der Waals surface area contributed by atoms with Crippen molar-refractivity contribution in [1.82, 2.24) is 9.97 Å². The highest BCUT2D eigenvalue weighted by molar-refractivity contribution is 7.22. The molecule has 0 bridgehead atoms. The van der Waals surface area contributed by atoms with Gasteiger partial charge in [0.2, 0.25) is 0 Å². The van der Waals surface area contributed by atoms with Crippen molar-refractivity contribution in [3.05, 3.63) is 48.0 Å². The molecule has 0 atom stereocenters. The first-order chi connectivity index (χ1) is 8.70. The number of nitrogens with one attached hydrogen (secondary N) is 1. The Morgan fingerprint density at radius 2 is 2.11 bits per heavy atom. The van der Waals surface area contributed by atoms with Crippen molar-refractivity contribution < 1.29 is 4.39 Å². The van der Waals surface area contributed by atoms with Crippen LogP contribution in [0.4, 0.5) is 15.2 Å². The van der Waals surface area contributed by atoms with Gasteiger partial charge in [-0.1, -0.05) is 11.3 Å². The van der Waals surface area contributed by atoms with E-state index in [1.807, 2.05) is 19.1 Å². The molecule has 2 heterocycles. The van der Waals surface area contributed by atoms with Crippen LogP contribution in [-0.2, 0) is 0 Å². The summed E-state index contributed by atoms with van der Waals surface area (Å²) in [5.74, 6) is -0.267. The standard InChI is InChI=1S/C13H10FN3S/c1-8-2-4-10(7-15-8)16-13-17-11-6-9(14)3-5-12(11)18-13/h2-7H,1H3,(H,16,17). The van der Waals surface area contributed by atoms with Crippen LogP contribution in [0.25, 0.3) is 10.2 Å². The summed E-state index contributed by atoms with van der Waals surface area (Å²) in [7, 11) is 0. The number of hydrogen-bond donors (Lipinski definition) is 1. The fraction of sp³-hybridized carbons (Fsp3) is 0.0769. The van der Waals surface area contributed by atoms with E-state index in [0.717, 1.165) is 21.2 Å². The van der Waals surface area contributed by atoms with Gasteiger partial charge in [0, 0.05) is 11.8 Å². The number of hydrogen-bond acceptors (Lipinski definition) is 4. The van der Waals surface area contributed by atoms with E-state index >= 15 is 0 Å². The molecular weight excluding hydrogens is 249 g/mol. The van der Waals surface area contributed by atoms with Gasteiger partial charge in [-0.15, -0.1) is 0 Å². The molecule has 0 saturated carbocycles. The zero-order valence-corrected chi connectivity index (χ0v) is 10.5. The van der Waals surface area contributed by atoms with Crippen LogP contribution >= 0.6 is 11.3 Å². The van der Waals surface area contributed by atoms with Crippen molar-refractivity contribution in [2.45, 2.75) is 6.92 Å². The second-order valence-corrected chi connectivity index (χ2v) is 4.97. The van der Waals surface area contributed by atoms with Crippen LogP contribution < -0.4 is 5.32 Å². The van der Waals surface area contributed by atoms with Gasteiger partial charge in [0.25, 0.3) is 0 Å². The number of pyridine rings is 1. The molecule has 2 aromatic heterocycles. The Hall–Kier alpha value is -2.01. The molecule has 0 spiro atoms. The number of fused-ring (bicyclic) bond motifs is 1. The molecule has 3 nitrogen and oxygen atoms in total. The normalized spacial score (nSPS) is 10.8. The number of anilines is 2. The van der Waals surface area contributed by atoms with Crippen molar-refractivity contribution in [1.29, 1.82) is 0 Å². The molecule has 18 heavy (non-hydrogen) atoms. The van der Waals surface area contributed by atoms with Crippen LogP contribution in [0.15, 0.2) is 36.5 Å². The molecule has 0 aliphatic rings. The third-order valence-corrected chi connectivity index (χ3v) is 3.46. The Kier molecular flexibility index (Phi) is 2.68. The number of rotatable bonds is 2. The molecule has 0 radical (unpaired) electrons. The lowest BCUT2D eigenvalue weighted by atomic mass is 10.3. The lowest BCUT2D eigenvalue weighted by Gasteiger charge is -2.01. The number of aryl methyl sites for hydroxylation is 1. The zero-order chi connectivity index (χ0) is 12.5. The van der Waals surface area contributed by atoms with Crippen LogP contribution in [-0.4, -0.2) is 9.97 Å². The van der Waals surface area contributed by atoms with Crippen molar-refractivity contribution in [2.75, 3.05) is 5.32 Å². The van der Waals surface area contributed by atoms with Gasteiger partial charge in [-0.2, -0.15) is 0 Å². The Bertz CT molecular complexity index is 691. The largest absolute Gasteiger partial charge is 0.330 e. The molecule has 0 unspecified atom stereocenters. The van der Waals surface area contributed by atoms with Crippen LogP contribution in [0.1, 0.15) is 5.69 Å². The quantitative estimate of drug-likeness (QED) is 0.758. The molecule has 3 aromatic rings. The maximum atomic E-state index is 13.1. The van der Waals surface area contributed by atoms with Crippen molar-refractivity contribution in [3.8, 4) is 0 Å². The molecule has 1 N–H and O–H groups in total. The van der Waals surface area contributed by atoms with E-state index in [2.05, 4.69) is 15.3 Å². The van der Waals surface area contributed by atoms with Crippen molar-refractivity contribution in [2.24, 2.45) is 0 Å². The Morgan fingerprint density at radius 3 is 2.89 bits per heavy atom. The number of nitrogens with zero attached hydrogens (tertiary/aromatic N) is 2. The van der Waals surface area contributed by atoms with Gasteiger partial charge >= 0.3 is 0 Å². The lowest BCUT2D eigenvalue weighted by Crippen LogP contribution is -1.90. The molecule has 0 fully saturated rings. The van der Waals surface area contributed by atoms with Gasteiger partial charge in [0.15, 0.2) is 5.13 Å². The minimum Gasteiger partial charge on any atom is -0.330 e. The van der Waals surface area contributed by atoms with Gasteiger partial charge in [0.1, 0.15) is 5.82 Å². The molecule has 0 aliphatic heterocycles. The molecule has 5 heteroatoms. The predicted molar refractivity (Wildman–Crippen MR) is 71.8 cm³/mol. The molecule has 0 saturated heterocycles. The fourth-order valence-corrected chi connectivity index (χ4v) is 2.49. The molecule has 0 amide bonds. The first-order valence-corrected chi connectivity index (χ1v) is 6.28. The Morgan fingerprint density at radius 1 is 1.22 bits per heavy atom. The van der Waals surface area contributed by atoms with E-state index in [1.165, 1.54) is 23.5 Å². The van der Waals surface area contributed by atoms with E-state index in [-0.39, 0.29) is 5.82 Å². The summed E-state index contributed by atoms with van der Waals surface area (Å²) in [6, 6.07) is 8.48. The highest BCUT2D eigenvalue weighted by Crippen LogP contribution is 2.28. The van der Waals surface area contributed by atoms with Crippen LogP contribution in [0.5, 0.6) is 0 Å². The first-order valence-electron chi connectivity index (χ1n) is 5.46. The van der Waals surface area contributed by atoms with E-state index < -0.39 is 0 Å². The third-order valence-electron chi connectivity index (χ3n) is 2.51. The van der Waals surface area contributed by atoms with Crippen LogP contribution in [0.3, 0.4) is 0 Å². The fourth-order valence-electron chi connectivity index (χ4n) is 1.62. The smallest absolute Gasteiger partial charge is 0.188 e. The zero-order valence-electron chi connectivity index (χ0n) is 9.64. The molecular formula is C13H10FN3S. The van der Waals surface area contributed by atoms with Gasteiger partial charge in [-0.05, 0) is 31.2 Å². The molecule has 3 rings (SSSR count). The SMILES string of the molecule is Cc1ccc(Nc2nc3cc(F)ccc3s2)cn1. The van der Waals surface area contributed by atoms with Gasteiger partial charge in [-0.3, -0.25) is 4.98 Å². The highest BCUT2D eigenvalue weighted by Gasteiger charge is 2.05. The van der Waals surface area contributed by atoms with Gasteiger partial charge in [0.05, 0.1) is 22.1 Å². The van der Waals surface area contributed by atoms with Crippen molar-refractivity contribution in [3.63, 3.8) is 0 Å². The van der Waals surface area contributed by atoms with Gasteiger partial charge in [-0.25, -0.2) is 9.37 Å². The van der Waals surface area contributed by atoms with Crippen molar-refractivity contribution >= 4 is 32.4 Å². The minimum atomic E-state index is -0.267. The maximum absolute atomic E-state index is 13.1. The minimum absolute atomic E-state index is 0.267. The second kappa shape index (κ2) is 4.34. The summed E-state index contributed by atoms with van der Waals surface area (Å²) < 4.78 is 14.0. The van der Waals surface area contributed by atoms with E-state index in [0.29, 0.717) is 5.52 Å². The maximum Gasteiger partial charge on any atom is 0.188 e. The predicted octanol–water partition coefficient (Wildman–Crippen LogP) is 3.88. The highest BCUT2D eigenvalue weighted by atomic mass is 32.1. The average Bonchev–Trinajstić information content (AvgIpc) is 2.73. The second-order valence-electron chi connectivity index (χ2n) is 3.94. The summed E-state index contributed by atoms with van der Waals surface area (Å²) in [5, 5.41) is 3.90. The van der Waals surface area contributed by atoms with E-state index in [1.54, 1.807) is 12.3 Å². The Labute approximate surface area is 107 Å².